The molecule has 8 heteroatoms. The van der Waals surface area contributed by atoms with E-state index in [1.54, 1.807) is 24.1 Å². The van der Waals surface area contributed by atoms with E-state index >= 15 is 0 Å². The van der Waals surface area contributed by atoms with Gasteiger partial charge in [-0.05, 0) is 50.0 Å². The third kappa shape index (κ3) is 4.55. The predicted octanol–water partition coefficient (Wildman–Crippen LogP) is 1.68. The zero-order valence-electron chi connectivity index (χ0n) is 17.9. The van der Waals surface area contributed by atoms with Crippen LogP contribution in [0.5, 0.6) is 0 Å². The fourth-order valence-corrected chi connectivity index (χ4v) is 4.50. The van der Waals surface area contributed by atoms with Gasteiger partial charge in [-0.1, -0.05) is 6.07 Å². The van der Waals surface area contributed by atoms with Crippen molar-refractivity contribution in [1.82, 2.24) is 24.6 Å². The third-order valence-corrected chi connectivity index (χ3v) is 6.34. The Morgan fingerprint density at radius 1 is 1.33 bits per heavy atom. The lowest BCUT2D eigenvalue weighted by molar-refractivity contribution is -0.0769. The number of methoxy groups -OCH3 is 1. The highest BCUT2D eigenvalue weighted by Gasteiger charge is 2.51. The molecule has 2 fully saturated rings. The second kappa shape index (κ2) is 9.24. The van der Waals surface area contributed by atoms with Crippen LogP contribution in [0.15, 0.2) is 36.8 Å². The molecule has 0 bridgehead atoms. The first-order valence-corrected chi connectivity index (χ1v) is 10.6. The van der Waals surface area contributed by atoms with E-state index in [1.165, 1.54) is 0 Å². The summed E-state index contributed by atoms with van der Waals surface area (Å²) in [5, 5.41) is 4.39. The van der Waals surface area contributed by atoms with Crippen molar-refractivity contribution in [3.63, 3.8) is 0 Å². The highest BCUT2D eigenvalue weighted by Crippen LogP contribution is 2.38. The molecule has 0 aromatic carbocycles. The number of ether oxygens (including phenoxy) is 2. The Balaban J connectivity index is 1.28. The maximum absolute atomic E-state index is 12.8. The molecular formula is C22H31N5O3. The van der Waals surface area contributed by atoms with Crippen molar-refractivity contribution in [2.75, 3.05) is 47.0 Å². The molecule has 2 aliphatic heterocycles. The van der Waals surface area contributed by atoms with Crippen LogP contribution in [0.3, 0.4) is 0 Å². The number of carbonyl (C=O) groups is 1. The molecule has 30 heavy (non-hydrogen) atoms. The quantitative estimate of drug-likeness (QED) is 0.656. The molecule has 0 saturated carbocycles. The first kappa shape index (κ1) is 21.0. The number of carbonyl (C=O) groups excluding carboxylic acids is 1. The highest BCUT2D eigenvalue weighted by molar-refractivity contribution is 5.93. The second-order valence-electron chi connectivity index (χ2n) is 8.50. The van der Waals surface area contributed by atoms with Gasteiger partial charge in [0.2, 0.25) is 0 Å². The summed E-state index contributed by atoms with van der Waals surface area (Å²) in [5.74, 6) is 0.531. The number of likely N-dealkylation sites (tertiary alicyclic amines) is 2. The number of likely N-dealkylation sites (N-methyl/N-ethyl adjacent to an activating group) is 1. The molecule has 2 saturated heterocycles. The second-order valence-corrected chi connectivity index (χ2v) is 8.50. The van der Waals surface area contributed by atoms with Gasteiger partial charge in [-0.3, -0.25) is 19.4 Å². The maximum Gasteiger partial charge on any atom is 0.274 e. The average Bonchev–Trinajstić information content (AvgIpc) is 3.21. The number of hydrogen-bond acceptors (Lipinski definition) is 6. The summed E-state index contributed by atoms with van der Waals surface area (Å²) in [5.41, 5.74) is 1.68. The summed E-state index contributed by atoms with van der Waals surface area (Å²) in [4.78, 5) is 21.3. The Hall–Kier alpha value is -2.29. The standard InChI is InChI=1S/C22H31N5O3/c1-25-8-5-18(14-30-15-19-4-3-7-23-13-19)12-22(25)16-26(17-22)21(28)20-6-9-27(24-20)10-11-29-2/h3-4,6-7,9,13,18H,5,8,10-12,14-17H2,1-2H3/t18-/m0/s1. The van der Waals surface area contributed by atoms with Crippen molar-refractivity contribution in [2.24, 2.45) is 5.92 Å². The Kier molecular flexibility index (Phi) is 6.46. The van der Waals surface area contributed by atoms with Crippen LogP contribution >= 0.6 is 0 Å². The maximum atomic E-state index is 12.8. The van der Waals surface area contributed by atoms with E-state index in [0.29, 0.717) is 31.4 Å². The highest BCUT2D eigenvalue weighted by atomic mass is 16.5. The molecule has 2 aromatic heterocycles. The fraction of sp³-hybridized carbons (Fsp3) is 0.591. The third-order valence-electron chi connectivity index (χ3n) is 6.34. The zero-order chi connectivity index (χ0) is 21.0. The largest absolute Gasteiger partial charge is 0.383 e. The van der Waals surface area contributed by atoms with Crippen LogP contribution in [0, 0.1) is 5.92 Å². The Labute approximate surface area is 177 Å². The minimum absolute atomic E-state index is 0.0140. The van der Waals surface area contributed by atoms with Gasteiger partial charge in [-0.15, -0.1) is 0 Å². The molecule has 2 aliphatic rings. The summed E-state index contributed by atoms with van der Waals surface area (Å²) in [6.45, 7) is 5.13. The average molecular weight is 414 g/mol. The molecule has 0 N–H and O–H groups in total. The summed E-state index contributed by atoms with van der Waals surface area (Å²) < 4.78 is 12.8. The minimum Gasteiger partial charge on any atom is -0.383 e. The molecule has 4 rings (SSSR count). The van der Waals surface area contributed by atoms with Crippen LogP contribution in [-0.2, 0) is 22.6 Å². The van der Waals surface area contributed by atoms with Gasteiger partial charge in [0.1, 0.15) is 5.69 Å². The monoisotopic (exact) mass is 413 g/mol. The van der Waals surface area contributed by atoms with Crippen LogP contribution < -0.4 is 0 Å². The molecule has 0 radical (unpaired) electrons. The van der Waals surface area contributed by atoms with E-state index in [2.05, 4.69) is 22.0 Å². The molecule has 8 nitrogen and oxygen atoms in total. The zero-order valence-corrected chi connectivity index (χ0v) is 17.9. The lowest BCUT2D eigenvalue weighted by atomic mass is 9.75. The molecule has 1 amide bonds. The first-order chi connectivity index (χ1) is 14.6. The molecule has 2 aromatic rings. The fourth-order valence-electron chi connectivity index (χ4n) is 4.50. The van der Waals surface area contributed by atoms with Crippen molar-refractivity contribution in [1.29, 1.82) is 0 Å². The summed E-state index contributed by atoms with van der Waals surface area (Å²) >= 11 is 0. The van der Waals surface area contributed by atoms with Crippen LogP contribution in [0.25, 0.3) is 0 Å². The summed E-state index contributed by atoms with van der Waals surface area (Å²) in [6, 6.07) is 5.77. The van der Waals surface area contributed by atoms with Crippen LogP contribution in [0.4, 0.5) is 0 Å². The van der Waals surface area contributed by atoms with E-state index in [4.69, 9.17) is 9.47 Å². The van der Waals surface area contributed by atoms with Gasteiger partial charge in [-0.25, -0.2) is 0 Å². The molecule has 1 spiro atoms. The van der Waals surface area contributed by atoms with Gasteiger partial charge in [0.25, 0.3) is 5.91 Å². The van der Waals surface area contributed by atoms with Crippen molar-refractivity contribution in [2.45, 2.75) is 31.5 Å². The number of nitrogens with zero attached hydrogens (tertiary/aromatic N) is 5. The first-order valence-electron chi connectivity index (χ1n) is 10.6. The number of amides is 1. The van der Waals surface area contributed by atoms with Gasteiger partial charge in [0.05, 0.1) is 25.3 Å². The SMILES string of the molecule is COCCn1ccc(C(=O)N2CC3(C[C@@H](COCc4cccnc4)CCN3C)C2)n1. The van der Waals surface area contributed by atoms with Crippen molar-refractivity contribution in [3.05, 3.63) is 48.0 Å². The van der Waals surface area contributed by atoms with Crippen LogP contribution in [0.1, 0.15) is 28.9 Å². The lowest BCUT2D eigenvalue weighted by Gasteiger charge is -2.58. The smallest absolute Gasteiger partial charge is 0.274 e. The molecule has 162 valence electrons. The van der Waals surface area contributed by atoms with E-state index in [-0.39, 0.29) is 11.4 Å². The molecule has 0 unspecified atom stereocenters. The topological polar surface area (TPSA) is 72.7 Å². The van der Waals surface area contributed by atoms with Gasteiger partial charge in [0.15, 0.2) is 0 Å². The van der Waals surface area contributed by atoms with E-state index in [1.807, 2.05) is 29.4 Å². The molecular weight excluding hydrogens is 382 g/mol. The molecule has 0 aliphatic carbocycles. The van der Waals surface area contributed by atoms with Gasteiger partial charge in [-0.2, -0.15) is 5.10 Å². The van der Waals surface area contributed by atoms with Gasteiger partial charge in [0, 0.05) is 45.4 Å². The van der Waals surface area contributed by atoms with Crippen molar-refractivity contribution >= 4 is 5.91 Å². The number of pyridine rings is 1. The minimum atomic E-state index is 0.0140. The molecule has 4 heterocycles. The van der Waals surface area contributed by atoms with Gasteiger partial charge < -0.3 is 14.4 Å². The number of rotatable bonds is 8. The number of aromatic nitrogens is 3. The van der Waals surface area contributed by atoms with E-state index < -0.39 is 0 Å². The normalized spacial score (nSPS) is 21.0. The van der Waals surface area contributed by atoms with E-state index in [0.717, 1.165) is 44.6 Å². The van der Waals surface area contributed by atoms with Crippen molar-refractivity contribution in [3.8, 4) is 0 Å². The van der Waals surface area contributed by atoms with Gasteiger partial charge >= 0.3 is 0 Å². The summed E-state index contributed by atoms with van der Waals surface area (Å²) in [6.07, 6.45) is 7.65. The summed E-state index contributed by atoms with van der Waals surface area (Å²) in [7, 11) is 3.83. The number of piperidine rings is 1. The predicted molar refractivity (Wildman–Crippen MR) is 112 cm³/mol. The Morgan fingerprint density at radius 2 is 2.20 bits per heavy atom. The van der Waals surface area contributed by atoms with Crippen molar-refractivity contribution < 1.29 is 14.3 Å². The lowest BCUT2D eigenvalue weighted by Crippen LogP contribution is -2.72. The Bertz CT molecular complexity index is 834. The number of hydrogen-bond donors (Lipinski definition) is 0. The molecule has 1 atom stereocenters. The van der Waals surface area contributed by atoms with Crippen LogP contribution in [-0.4, -0.2) is 83.0 Å². The van der Waals surface area contributed by atoms with E-state index in [9.17, 15) is 4.79 Å². The van der Waals surface area contributed by atoms with Crippen LogP contribution in [0.2, 0.25) is 0 Å². The Morgan fingerprint density at radius 3 is 2.97 bits per heavy atom.